The fourth-order valence-electron chi connectivity index (χ4n) is 5.28. The molecule has 30 heavy (non-hydrogen) atoms. The van der Waals surface area contributed by atoms with Crippen LogP contribution in [0.1, 0.15) is 114 Å². The van der Waals surface area contributed by atoms with Gasteiger partial charge < -0.3 is 4.74 Å². The van der Waals surface area contributed by atoms with Crippen molar-refractivity contribution in [2.24, 2.45) is 17.8 Å². The molecule has 1 atom stereocenters. The highest BCUT2D eigenvalue weighted by Gasteiger charge is 2.23. The number of rotatable bonds is 9. The van der Waals surface area contributed by atoms with Crippen LogP contribution in [0.15, 0.2) is 30.3 Å². The molecule has 0 N–H and O–H groups in total. The fraction of sp³-hybridized carbons (Fsp3) is 0.679. The Morgan fingerprint density at radius 2 is 1.67 bits per heavy atom. The smallest absolute Gasteiger partial charge is 0.338 e. The van der Waals surface area contributed by atoms with E-state index >= 15 is 0 Å². The average Bonchev–Trinajstić information content (AvgIpc) is 2.81. The van der Waals surface area contributed by atoms with Crippen LogP contribution in [-0.2, 0) is 4.74 Å². The molecule has 2 nitrogen and oxygen atoms in total. The average molecular weight is 411 g/mol. The van der Waals surface area contributed by atoms with E-state index in [4.69, 9.17) is 4.74 Å². The third-order valence-electron chi connectivity index (χ3n) is 7.79. The van der Waals surface area contributed by atoms with Crippen molar-refractivity contribution in [3.05, 3.63) is 41.5 Å². The second kappa shape index (κ2) is 11.7. The summed E-state index contributed by atoms with van der Waals surface area (Å²) in [6.45, 7) is 6.90. The quantitative estimate of drug-likeness (QED) is 0.383. The van der Waals surface area contributed by atoms with E-state index in [9.17, 15) is 4.79 Å². The standard InChI is InChI=1S/C28H42O2/c1-4-21(5-2)7-8-23-9-13-24(14-10-23)25-15-17-26(18-16-25)28(29)30-27-19-11-22(6-3)12-20-27/h13,15-18,21-23,27H,4-12,14,19-20H2,1-3H3/t22-,23?,27-. The number of hydrogen-bond donors (Lipinski definition) is 0. The lowest BCUT2D eigenvalue weighted by Gasteiger charge is -2.27. The number of esters is 1. The van der Waals surface area contributed by atoms with Crippen molar-refractivity contribution in [2.75, 3.05) is 0 Å². The number of carbonyl (C=O) groups is 1. The van der Waals surface area contributed by atoms with Crippen molar-refractivity contribution >= 4 is 11.5 Å². The molecule has 0 bridgehead atoms. The van der Waals surface area contributed by atoms with E-state index in [2.05, 4.69) is 39.0 Å². The SMILES string of the molecule is CCC(CC)CCC1CC=C(c2ccc(C(=O)O[C@H]3CC[C@H](CC)CC3)cc2)CC1. The lowest BCUT2D eigenvalue weighted by molar-refractivity contribution is 0.0164. The molecule has 0 saturated heterocycles. The highest BCUT2D eigenvalue weighted by molar-refractivity contribution is 5.90. The summed E-state index contributed by atoms with van der Waals surface area (Å²) < 4.78 is 5.78. The van der Waals surface area contributed by atoms with E-state index in [-0.39, 0.29) is 12.1 Å². The van der Waals surface area contributed by atoms with Crippen LogP contribution < -0.4 is 0 Å². The van der Waals surface area contributed by atoms with Gasteiger partial charge in [-0.05, 0) is 92.4 Å². The summed E-state index contributed by atoms with van der Waals surface area (Å²) in [6.07, 6.45) is 17.3. The van der Waals surface area contributed by atoms with Crippen molar-refractivity contribution in [2.45, 2.75) is 104 Å². The van der Waals surface area contributed by atoms with Crippen molar-refractivity contribution in [3.63, 3.8) is 0 Å². The molecule has 3 rings (SSSR count). The first-order chi connectivity index (χ1) is 14.6. The predicted molar refractivity (Wildman–Crippen MR) is 127 cm³/mol. The number of allylic oxidation sites excluding steroid dienone is 2. The summed E-state index contributed by atoms with van der Waals surface area (Å²) >= 11 is 0. The van der Waals surface area contributed by atoms with Crippen molar-refractivity contribution in [1.29, 1.82) is 0 Å². The second-order valence-electron chi connectivity index (χ2n) is 9.66. The number of ether oxygens (including phenoxy) is 1. The highest BCUT2D eigenvalue weighted by atomic mass is 16.5. The Balaban J connectivity index is 1.48. The first-order valence-corrected chi connectivity index (χ1v) is 12.6. The number of benzene rings is 1. The van der Waals surface area contributed by atoms with Crippen LogP contribution in [0.5, 0.6) is 0 Å². The van der Waals surface area contributed by atoms with Gasteiger partial charge in [-0.3, -0.25) is 0 Å². The van der Waals surface area contributed by atoms with Gasteiger partial charge in [0.15, 0.2) is 0 Å². The van der Waals surface area contributed by atoms with Gasteiger partial charge in [-0.15, -0.1) is 0 Å². The Hall–Kier alpha value is -1.57. The maximum absolute atomic E-state index is 12.5. The van der Waals surface area contributed by atoms with Crippen molar-refractivity contribution < 1.29 is 9.53 Å². The Morgan fingerprint density at radius 1 is 0.967 bits per heavy atom. The van der Waals surface area contributed by atoms with Gasteiger partial charge in [0.05, 0.1) is 5.56 Å². The summed E-state index contributed by atoms with van der Waals surface area (Å²) in [5.41, 5.74) is 3.41. The fourth-order valence-corrected chi connectivity index (χ4v) is 5.28. The van der Waals surface area contributed by atoms with Gasteiger partial charge in [-0.25, -0.2) is 4.79 Å². The topological polar surface area (TPSA) is 26.3 Å². The van der Waals surface area contributed by atoms with Crippen LogP contribution in [0, 0.1) is 17.8 Å². The van der Waals surface area contributed by atoms with Crippen LogP contribution in [0.4, 0.5) is 0 Å². The zero-order valence-corrected chi connectivity index (χ0v) is 19.5. The molecule has 2 aliphatic rings. The summed E-state index contributed by atoms with van der Waals surface area (Å²) in [5, 5.41) is 0. The third-order valence-corrected chi connectivity index (χ3v) is 7.79. The molecular formula is C28H42O2. The molecule has 0 radical (unpaired) electrons. The van der Waals surface area contributed by atoms with Gasteiger partial charge in [-0.2, -0.15) is 0 Å². The summed E-state index contributed by atoms with van der Waals surface area (Å²) in [4.78, 5) is 12.5. The molecule has 0 aromatic heterocycles. The van der Waals surface area contributed by atoms with Gasteiger partial charge in [0.1, 0.15) is 6.10 Å². The molecule has 0 spiro atoms. The van der Waals surface area contributed by atoms with E-state index in [1.54, 1.807) is 0 Å². The van der Waals surface area contributed by atoms with Gasteiger partial charge in [0, 0.05) is 0 Å². The third kappa shape index (κ3) is 6.46. The van der Waals surface area contributed by atoms with E-state index in [0.29, 0.717) is 5.56 Å². The van der Waals surface area contributed by atoms with Gasteiger partial charge in [0.25, 0.3) is 0 Å². The molecule has 1 aromatic carbocycles. The maximum atomic E-state index is 12.5. The molecule has 2 aliphatic carbocycles. The largest absolute Gasteiger partial charge is 0.459 e. The van der Waals surface area contributed by atoms with Crippen LogP contribution in [0.25, 0.3) is 5.57 Å². The number of hydrogen-bond acceptors (Lipinski definition) is 2. The molecule has 0 aliphatic heterocycles. The first kappa shape index (κ1) is 23.1. The molecule has 0 amide bonds. The molecule has 1 unspecified atom stereocenters. The molecule has 166 valence electrons. The minimum atomic E-state index is -0.152. The summed E-state index contributed by atoms with van der Waals surface area (Å²) in [5.74, 6) is 2.43. The van der Waals surface area contributed by atoms with Gasteiger partial charge in [-0.1, -0.05) is 64.7 Å². The molecule has 1 aromatic rings. The molecule has 0 heterocycles. The van der Waals surface area contributed by atoms with Gasteiger partial charge in [0.2, 0.25) is 0 Å². The van der Waals surface area contributed by atoms with Crippen LogP contribution >= 0.6 is 0 Å². The van der Waals surface area contributed by atoms with E-state index in [1.165, 1.54) is 68.9 Å². The Labute approximate surface area is 184 Å². The van der Waals surface area contributed by atoms with E-state index in [1.807, 2.05) is 12.1 Å². The minimum absolute atomic E-state index is 0.109. The van der Waals surface area contributed by atoms with Gasteiger partial charge >= 0.3 is 5.97 Å². The highest BCUT2D eigenvalue weighted by Crippen LogP contribution is 2.34. The lowest BCUT2D eigenvalue weighted by atomic mass is 9.82. The Kier molecular flexibility index (Phi) is 9.03. The zero-order valence-electron chi connectivity index (χ0n) is 19.5. The Bertz CT molecular complexity index is 675. The number of carbonyl (C=O) groups excluding carboxylic acids is 1. The van der Waals surface area contributed by atoms with Crippen LogP contribution in [0.2, 0.25) is 0 Å². The normalized spacial score (nSPS) is 24.5. The zero-order chi connectivity index (χ0) is 21.3. The van der Waals surface area contributed by atoms with E-state index < -0.39 is 0 Å². The molecule has 2 heteroatoms. The maximum Gasteiger partial charge on any atom is 0.338 e. The molecular weight excluding hydrogens is 368 g/mol. The van der Waals surface area contributed by atoms with Crippen molar-refractivity contribution in [1.82, 2.24) is 0 Å². The first-order valence-electron chi connectivity index (χ1n) is 12.6. The lowest BCUT2D eigenvalue weighted by Crippen LogP contribution is -2.24. The predicted octanol–water partition coefficient (Wildman–Crippen LogP) is 8.21. The second-order valence-corrected chi connectivity index (χ2v) is 9.66. The van der Waals surface area contributed by atoms with E-state index in [0.717, 1.165) is 37.0 Å². The molecule has 1 fully saturated rings. The summed E-state index contributed by atoms with van der Waals surface area (Å²) in [6, 6.07) is 8.13. The minimum Gasteiger partial charge on any atom is -0.459 e. The Morgan fingerprint density at radius 3 is 2.23 bits per heavy atom. The molecule has 1 saturated carbocycles. The van der Waals surface area contributed by atoms with Crippen LogP contribution in [0.3, 0.4) is 0 Å². The van der Waals surface area contributed by atoms with Crippen molar-refractivity contribution in [3.8, 4) is 0 Å². The summed E-state index contributed by atoms with van der Waals surface area (Å²) in [7, 11) is 0. The van der Waals surface area contributed by atoms with Crippen LogP contribution in [-0.4, -0.2) is 12.1 Å². The monoisotopic (exact) mass is 410 g/mol.